The molecular formula is C14H21NOS. The topological polar surface area (TPSA) is 29.1 Å². The van der Waals surface area contributed by atoms with Crippen molar-refractivity contribution in [3.05, 3.63) is 35.4 Å². The molecule has 1 saturated heterocycles. The first kappa shape index (κ1) is 12.8. The molecule has 4 atom stereocenters. The molecule has 1 aliphatic rings. The molecule has 0 aliphatic carbocycles. The quantitative estimate of drug-likeness (QED) is 0.831. The normalized spacial score (nSPS) is 34.3. The Morgan fingerprint density at radius 2 is 1.88 bits per heavy atom. The third-order valence-electron chi connectivity index (χ3n) is 3.54. The van der Waals surface area contributed by atoms with Gasteiger partial charge in [-0.3, -0.25) is 4.21 Å². The van der Waals surface area contributed by atoms with Crippen LogP contribution in [0.25, 0.3) is 0 Å². The van der Waals surface area contributed by atoms with Gasteiger partial charge >= 0.3 is 0 Å². The zero-order chi connectivity index (χ0) is 12.4. The summed E-state index contributed by atoms with van der Waals surface area (Å²) in [4.78, 5) is 0. The fourth-order valence-corrected chi connectivity index (χ4v) is 3.79. The van der Waals surface area contributed by atoms with E-state index in [0.717, 1.165) is 12.2 Å². The highest BCUT2D eigenvalue weighted by atomic mass is 32.2. The van der Waals surface area contributed by atoms with Crippen LogP contribution in [0.3, 0.4) is 0 Å². The fraction of sp³-hybridized carbons (Fsp3) is 0.571. The largest absolute Gasteiger partial charge is 0.306 e. The molecule has 1 fully saturated rings. The van der Waals surface area contributed by atoms with Gasteiger partial charge in [0.2, 0.25) is 0 Å². The predicted molar refractivity (Wildman–Crippen MR) is 73.6 cm³/mol. The summed E-state index contributed by atoms with van der Waals surface area (Å²) < 4.78 is 12.1. The number of nitrogens with one attached hydrogen (secondary N) is 1. The molecule has 94 valence electrons. The molecule has 0 spiro atoms. The van der Waals surface area contributed by atoms with Gasteiger partial charge in [0.15, 0.2) is 0 Å². The van der Waals surface area contributed by atoms with Crippen molar-refractivity contribution < 1.29 is 4.21 Å². The van der Waals surface area contributed by atoms with Crippen LogP contribution in [-0.2, 0) is 10.8 Å². The number of aryl methyl sites for hydroxylation is 1. The van der Waals surface area contributed by atoms with Gasteiger partial charge in [0.05, 0.1) is 5.25 Å². The van der Waals surface area contributed by atoms with Gasteiger partial charge < -0.3 is 5.32 Å². The summed E-state index contributed by atoms with van der Waals surface area (Å²) in [6.45, 7) is 6.36. The Labute approximate surface area is 106 Å². The van der Waals surface area contributed by atoms with E-state index in [1.165, 1.54) is 11.1 Å². The average molecular weight is 251 g/mol. The minimum absolute atomic E-state index is 0.183. The molecule has 0 bridgehead atoms. The van der Waals surface area contributed by atoms with E-state index in [2.05, 4.69) is 50.4 Å². The maximum absolute atomic E-state index is 12.1. The van der Waals surface area contributed by atoms with Crippen molar-refractivity contribution >= 4 is 10.8 Å². The molecule has 2 nitrogen and oxygen atoms in total. The van der Waals surface area contributed by atoms with E-state index in [1.807, 2.05) is 0 Å². The highest BCUT2D eigenvalue weighted by molar-refractivity contribution is 7.85. The van der Waals surface area contributed by atoms with E-state index >= 15 is 0 Å². The summed E-state index contributed by atoms with van der Waals surface area (Å²) >= 11 is 0. The van der Waals surface area contributed by atoms with Crippen LogP contribution in [-0.4, -0.2) is 21.3 Å². The second-order valence-electron chi connectivity index (χ2n) is 5.03. The van der Waals surface area contributed by atoms with Crippen molar-refractivity contribution in [1.29, 1.82) is 0 Å². The van der Waals surface area contributed by atoms with Crippen LogP contribution in [0.1, 0.15) is 37.4 Å². The molecule has 0 radical (unpaired) electrons. The van der Waals surface area contributed by atoms with E-state index in [9.17, 15) is 4.21 Å². The smallest absolute Gasteiger partial charge is 0.0514 e. The van der Waals surface area contributed by atoms with Crippen molar-refractivity contribution in [2.24, 2.45) is 0 Å². The first-order valence-electron chi connectivity index (χ1n) is 6.27. The summed E-state index contributed by atoms with van der Waals surface area (Å²) in [6, 6.07) is 9.21. The first-order chi connectivity index (χ1) is 8.08. The van der Waals surface area contributed by atoms with Gasteiger partial charge in [0, 0.05) is 28.6 Å². The highest BCUT2D eigenvalue weighted by Crippen LogP contribution is 2.25. The van der Waals surface area contributed by atoms with Crippen LogP contribution in [0.15, 0.2) is 24.3 Å². The van der Waals surface area contributed by atoms with Gasteiger partial charge in [-0.1, -0.05) is 29.8 Å². The Hall–Kier alpha value is -0.670. The van der Waals surface area contributed by atoms with Crippen molar-refractivity contribution in [1.82, 2.24) is 5.32 Å². The molecule has 0 amide bonds. The minimum atomic E-state index is -0.721. The molecule has 17 heavy (non-hydrogen) atoms. The van der Waals surface area contributed by atoms with Gasteiger partial charge in [-0.05, 0) is 32.8 Å². The summed E-state index contributed by atoms with van der Waals surface area (Å²) in [7, 11) is -0.721. The Morgan fingerprint density at radius 1 is 1.24 bits per heavy atom. The van der Waals surface area contributed by atoms with Gasteiger partial charge in [0.1, 0.15) is 0 Å². The Kier molecular flexibility index (Phi) is 4.00. The predicted octanol–water partition coefficient (Wildman–Crippen LogP) is 2.56. The van der Waals surface area contributed by atoms with Crippen LogP contribution < -0.4 is 5.32 Å². The maximum Gasteiger partial charge on any atom is 0.0514 e. The monoisotopic (exact) mass is 251 g/mol. The van der Waals surface area contributed by atoms with Crippen molar-refractivity contribution in [2.75, 3.05) is 5.75 Å². The van der Waals surface area contributed by atoms with Crippen molar-refractivity contribution in [2.45, 2.75) is 44.5 Å². The fourth-order valence-electron chi connectivity index (χ4n) is 2.30. The number of benzene rings is 1. The van der Waals surface area contributed by atoms with Crippen LogP contribution >= 0.6 is 0 Å². The maximum atomic E-state index is 12.1. The number of hydrogen-bond acceptors (Lipinski definition) is 2. The lowest BCUT2D eigenvalue weighted by Gasteiger charge is -2.24. The molecule has 1 heterocycles. The SMILES string of the molecule is Cc1ccc(C2NC(C)CCS(=O)C2C)cc1. The molecule has 0 aromatic heterocycles. The molecule has 3 heteroatoms. The molecule has 1 aromatic carbocycles. The third kappa shape index (κ3) is 2.96. The third-order valence-corrected chi connectivity index (χ3v) is 5.28. The molecule has 2 rings (SSSR count). The van der Waals surface area contributed by atoms with Gasteiger partial charge in [-0.25, -0.2) is 0 Å². The first-order valence-corrected chi connectivity index (χ1v) is 7.66. The Morgan fingerprint density at radius 3 is 2.53 bits per heavy atom. The molecule has 0 saturated carbocycles. The van der Waals surface area contributed by atoms with Gasteiger partial charge in [-0.15, -0.1) is 0 Å². The number of rotatable bonds is 1. The molecule has 1 aromatic rings. The van der Waals surface area contributed by atoms with E-state index in [4.69, 9.17) is 0 Å². The van der Waals surface area contributed by atoms with Crippen LogP contribution in [0.2, 0.25) is 0 Å². The zero-order valence-corrected chi connectivity index (χ0v) is 11.6. The van der Waals surface area contributed by atoms with Gasteiger partial charge in [-0.2, -0.15) is 0 Å². The Balaban J connectivity index is 2.27. The molecule has 1 aliphatic heterocycles. The summed E-state index contributed by atoms with van der Waals surface area (Å²) in [5, 5.41) is 3.78. The van der Waals surface area contributed by atoms with Crippen LogP contribution in [0, 0.1) is 6.92 Å². The zero-order valence-electron chi connectivity index (χ0n) is 10.8. The Bertz CT molecular complexity index is 401. The summed E-state index contributed by atoms with van der Waals surface area (Å²) in [5.74, 6) is 0.817. The second-order valence-corrected chi connectivity index (χ2v) is 6.95. The van der Waals surface area contributed by atoms with Crippen LogP contribution in [0.4, 0.5) is 0 Å². The lowest BCUT2D eigenvalue weighted by Crippen LogP contribution is -2.34. The number of hydrogen-bond donors (Lipinski definition) is 1. The molecule has 1 N–H and O–H groups in total. The summed E-state index contributed by atoms with van der Waals surface area (Å²) in [6.07, 6.45) is 0.999. The van der Waals surface area contributed by atoms with Gasteiger partial charge in [0.25, 0.3) is 0 Å². The summed E-state index contributed by atoms with van der Waals surface area (Å²) in [5.41, 5.74) is 2.52. The standard InChI is InChI=1S/C14H21NOS/c1-10-4-6-13(7-5-10)14-12(3)17(16)9-8-11(2)15-14/h4-7,11-12,14-15H,8-9H2,1-3H3. The minimum Gasteiger partial charge on any atom is -0.306 e. The second kappa shape index (κ2) is 5.32. The molecule has 4 unspecified atom stereocenters. The lowest BCUT2D eigenvalue weighted by molar-refractivity contribution is 0.455. The van der Waals surface area contributed by atoms with Crippen LogP contribution in [0.5, 0.6) is 0 Å². The van der Waals surface area contributed by atoms with E-state index < -0.39 is 10.8 Å². The van der Waals surface area contributed by atoms with Crippen molar-refractivity contribution in [3.63, 3.8) is 0 Å². The van der Waals surface area contributed by atoms with E-state index in [0.29, 0.717) is 6.04 Å². The lowest BCUT2D eigenvalue weighted by atomic mass is 10.0. The van der Waals surface area contributed by atoms with E-state index in [-0.39, 0.29) is 11.3 Å². The van der Waals surface area contributed by atoms with E-state index in [1.54, 1.807) is 0 Å². The van der Waals surface area contributed by atoms with Crippen molar-refractivity contribution in [3.8, 4) is 0 Å². The average Bonchev–Trinajstić information content (AvgIpc) is 2.44. The highest BCUT2D eigenvalue weighted by Gasteiger charge is 2.28. The molecular weight excluding hydrogens is 230 g/mol.